The number of epoxide rings is 1. The summed E-state index contributed by atoms with van der Waals surface area (Å²) < 4.78 is 72.1. The minimum Gasteiger partial charge on any atom is -0.406 e. The van der Waals surface area contributed by atoms with E-state index in [0.29, 0.717) is 6.42 Å². The highest BCUT2D eigenvalue weighted by Gasteiger charge is 2.50. The first-order chi connectivity index (χ1) is 10.7. The van der Waals surface area contributed by atoms with E-state index in [0.717, 1.165) is 37.1 Å². The maximum Gasteiger partial charge on any atom is 0.573 e. The molecule has 0 spiro atoms. The van der Waals surface area contributed by atoms with Gasteiger partial charge in [0.15, 0.2) is 0 Å². The van der Waals surface area contributed by atoms with Gasteiger partial charge in [-0.1, -0.05) is 0 Å². The van der Waals surface area contributed by atoms with Crippen LogP contribution in [0.25, 0.3) is 0 Å². The molecule has 2 aliphatic rings. The summed E-state index contributed by atoms with van der Waals surface area (Å²) in [5.41, 5.74) is 0. The first-order valence-electron chi connectivity index (χ1n) is 7.18. The second-order valence-electron chi connectivity index (χ2n) is 5.68. The average Bonchev–Trinajstić information content (AvgIpc) is 3.24. The Kier molecular flexibility index (Phi) is 4.06. The van der Waals surface area contributed by atoms with Crippen LogP contribution in [0.1, 0.15) is 19.3 Å². The third kappa shape index (κ3) is 3.46. The largest absolute Gasteiger partial charge is 0.573 e. The highest BCUT2D eigenvalue weighted by Crippen LogP contribution is 2.40. The number of alkyl halides is 3. The number of ether oxygens (including phenoxy) is 2. The molecule has 0 N–H and O–H groups in total. The summed E-state index contributed by atoms with van der Waals surface area (Å²) in [6.07, 6.45) is -2.20. The Morgan fingerprint density at radius 3 is 2.48 bits per heavy atom. The Hall–Kier alpha value is -1.32. The topological polar surface area (TPSA) is 59.1 Å². The molecule has 0 bridgehead atoms. The zero-order chi connectivity index (χ0) is 16.8. The lowest BCUT2D eigenvalue weighted by molar-refractivity contribution is -0.274. The molecule has 1 saturated heterocycles. The zero-order valence-corrected chi connectivity index (χ0v) is 13.1. The van der Waals surface area contributed by atoms with Crippen molar-refractivity contribution in [2.45, 2.75) is 48.8 Å². The van der Waals surface area contributed by atoms with Gasteiger partial charge in [0.1, 0.15) is 11.9 Å². The van der Waals surface area contributed by atoms with E-state index in [1.807, 2.05) is 0 Å². The van der Waals surface area contributed by atoms with Crippen LogP contribution in [0.15, 0.2) is 29.2 Å². The Morgan fingerprint density at radius 2 is 1.87 bits per heavy atom. The van der Waals surface area contributed by atoms with Crippen LogP contribution in [-0.4, -0.2) is 44.4 Å². The molecule has 1 aliphatic heterocycles. The Morgan fingerprint density at radius 1 is 1.22 bits per heavy atom. The quantitative estimate of drug-likeness (QED) is 0.782. The fourth-order valence-electron chi connectivity index (χ4n) is 2.97. The number of sulfonamides is 1. The van der Waals surface area contributed by atoms with Crippen LogP contribution in [0.3, 0.4) is 0 Å². The molecule has 3 atom stereocenters. The van der Waals surface area contributed by atoms with Crippen molar-refractivity contribution < 1.29 is 31.1 Å². The van der Waals surface area contributed by atoms with Gasteiger partial charge in [0.2, 0.25) is 10.0 Å². The van der Waals surface area contributed by atoms with Gasteiger partial charge in [-0.25, -0.2) is 8.42 Å². The lowest BCUT2D eigenvalue weighted by atomic mass is 9.96. The molecular formula is C14H16F3NO4S. The van der Waals surface area contributed by atoms with E-state index >= 15 is 0 Å². The van der Waals surface area contributed by atoms with Crippen molar-refractivity contribution in [2.75, 3.05) is 7.05 Å². The summed E-state index contributed by atoms with van der Waals surface area (Å²) in [5.74, 6) is -0.456. The number of halogens is 3. The summed E-state index contributed by atoms with van der Waals surface area (Å²) in [6.45, 7) is 0. The Bertz CT molecular complexity index is 674. The van der Waals surface area contributed by atoms with Crippen molar-refractivity contribution >= 4 is 10.0 Å². The van der Waals surface area contributed by atoms with Gasteiger partial charge in [0, 0.05) is 7.05 Å². The van der Waals surface area contributed by atoms with Gasteiger partial charge in [0.05, 0.1) is 17.0 Å². The van der Waals surface area contributed by atoms with E-state index in [9.17, 15) is 21.6 Å². The molecule has 1 aromatic rings. The second kappa shape index (κ2) is 5.64. The number of hydrogen-bond donors (Lipinski definition) is 0. The van der Waals surface area contributed by atoms with Crippen LogP contribution in [0.5, 0.6) is 5.75 Å². The second-order valence-corrected chi connectivity index (χ2v) is 7.68. The summed E-state index contributed by atoms with van der Waals surface area (Å²) in [4.78, 5) is -0.0719. The predicted octanol–water partition coefficient (Wildman–Crippen LogP) is 2.53. The van der Waals surface area contributed by atoms with Crippen molar-refractivity contribution in [3.05, 3.63) is 24.3 Å². The maximum absolute atomic E-state index is 12.6. The maximum atomic E-state index is 12.6. The number of likely N-dealkylation sites (N-methyl/N-ethyl adjacent to an activating group) is 1. The van der Waals surface area contributed by atoms with Gasteiger partial charge in [-0.2, -0.15) is 4.31 Å². The van der Waals surface area contributed by atoms with Gasteiger partial charge < -0.3 is 9.47 Å². The number of hydrogen-bond acceptors (Lipinski definition) is 4. The summed E-state index contributed by atoms with van der Waals surface area (Å²) in [5, 5.41) is 0. The molecule has 1 heterocycles. The average molecular weight is 351 g/mol. The monoisotopic (exact) mass is 351 g/mol. The molecule has 0 amide bonds. The van der Waals surface area contributed by atoms with Crippen LogP contribution in [0.4, 0.5) is 13.2 Å². The van der Waals surface area contributed by atoms with E-state index in [1.165, 1.54) is 11.4 Å². The van der Waals surface area contributed by atoms with Crippen LogP contribution in [0.2, 0.25) is 0 Å². The first-order valence-corrected chi connectivity index (χ1v) is 8.62. The number of rotatable bonds is 4. The highest BCUT2D eigenvalue weighted by molar-refractivity contribution is 7.89. The van der Waals surface area contributed by atoms with Gasteiger partial charge in [0.25, 0.3) is 0 Å². The van der Waals surface area contributed by atoms with E-state index in [-0.39, 0.29) is 23.1 Å². The molecule has 9 heteroatoms. The molecule has 128 valence electrons. The van der Waals surface area contributed by atoms with Gasteiger partial charge in [-0.05, 0) is 43.5 Å². The van der Waals surface area contributed by atoms with E-state index in [2.05, 4.69) is 4.74 Å². The van der Waals surface area contributed by atoms with Crippen molar-refractivity contribution in [2.24, 2.45) is 0 Å². The van der Waals surface area contributed by atoms with Gasteiger partial charge >= 0.3 is 6.36 Å². The van der Waals surface area contributed by atoms with Crippen LogP contribution < -0.4 is 4.74 Å². The molecule has 0 aromatic heterocycles. The molecule has 3 rings (SSSR count). The Labute approximate surface area is 132 Å². The molecule has 5 nitrogen and oxygen atoms in total. The molecule has 23 heavy (non-hydrogen) atoms. The van der Waals surface area contributed by atoms with Crippen molar-refractivity contribution in [3.8, 4) is 5.75 Å². The molecule has 1 aromatic carbocycles. The van der Waals surface area contributed by atoms with Crippen LogP contribution >= 0.6 is 0 Å². The lowest BCUT2D eigenvalue weighted by Crippen LogP contribution is -2.42. The van der Waals surface area contributed by atoms with E-state index in [4.69, 9.17) is 4.74 Å². The van der Waals surface area contributed by atoms with Crippen molar-refractivity contribution in [3.63, 3.8) is 0 Å². The number of benzene rings is 1. The SMILES string of the molecule is CN([C@H]1CCC[C@@H]2O[C@@H]21)S(=O)(=O)c1ccc(OC(F)(F)F)cc1. The molecule has 2 fully saturated rings. The summed E-state index contributed by atoms with van der Waals surface area (Å²) in [6, 6.07) is 3.98. The van der Waals surface area contributed by atoms with E-state index in [1.54, 1.807) is 0 Å². The van der Waals surface area contributed by atoms with Gasteiger partial charge in [-0.3, -0.25) is 0 Å². The predicted molar refractivity (Wildman–Crippen MR) is 74.4 cm³/mol. The fourth-order valence-corrected chi connectivity index (χ4v) is 4.36. The van der Waals surface area contributed by atoms with Crippen molar-refractivity contribution in [1.29, 1.82) is 0 Å². The van der Waals surface area contributed by atoms with Crippen molar-refractivity contribution in [1.82, 2.24) is 4.31 Å². The smallest absolute Gasteiger partial charge is 0.406 e. The Balaban J connectivity index is 1.76. The molecular weight excluding hydrogens is 335 g/mol. The highest BCUT2D eigenvalue weighted by atomic mass is 32.2. The normalized spacial score (nSPS) is 27.6. The standard InChI is InChI=1S/C14H16F3NO4S/c1-18(11-3-2-4-12-13(11)21-12)23(19,20)10-7-5-9(6-8-10)22-14(15,16)17/h5-8,11-13H,2-4H2,1H3/t11-,12-,13+/m0/s1. The van der Waals surface area contributed by atoms with Crippen LogP contribution in [-0.2, 0) is 14.8 Å². The molecule has 1 saturated carbocycles. The summed E-state index contributed by atoms with van der Waals surface area (Å²) >= 11 is 0. The fraction of sp³-hybridized carbons (Fsp3) is 0.571. The molecule has 1 aliphatic carbocycles. The molecule has 0 radical (unpaired) electrons. The summed E-state index contributed by atoms with van der Waals surface area (Å²) in [7, 11) is -2.31. The lowest BCUT2D eigenvalue weighted by Gasteiger charge is -2.28. The third-order valence-corrected chi connectivity index (χ3v) is 6.09. The minimum absolute atomic E-state index is 0.0719. The number of nitrogens with zero attached hydrogens (tertiary/aromatic N) is 1. The number of fused-ring (bicyclic) bond motifs is 1. The third-order valence-electron chi connectivity index (χ3n) is 4.19. The zero-order valence-electron chi connectivity index (χ0n) is 12.3. The van der Waals surface area contributed by atoms with Gasteiger partial charge in [-0.15, -0.1) is 13.2 Å². The minimum atomic E-state index is -4.81. The molecule has 0 unspecified atom stereocenters. The first kappa shape index (κ1) is 16.5. The van der Waals surface area contributed by atoms with Crippen LogP contribution in [0, 0.1) is 0 Å². The van der Waals surface area contributed by atoms with E-state index < -0.39 is 22.1 Å².